The van der Waals surface area contributed by atoms with E-state index < -0.39 is 0 Å². The van der Waals surface area contributed by atoms with Gasteiger partial charge in [-0.2, -0.15) is 0 Å². The summed E-state index contributed by atoms with van der Waals surface area (Å²) in [5.41, 5.74) is 1.22. The second-order valence-electron chi connectivity index (χ2n) is 8.27. The fraction of sp³-hybridized carbons (Fsp3) is 0.500. The highest BCUT2D eigenvalue weighted by molar-refractivity contribution is 6.22. The molecule has 0 radical (unpaired) electrons. The molecule has 140 valence electrons. The maximum Gasteiger partial charge on any atom is 0.253 e. The van der Waals surface area contributed by atoms with Crippen LogP contribution in [0.3, 0.4) is 0 Å². The zero-order valence-electron chi connectivity index (χ0n) is 15.3. The predicted molar refractivity (Wildman–Crippen MR) is 101 cm³/mol. The van der Waals surface area contributed by atoms with Crippen LogP contribution in [-0.2, 0) is 9.59 Å². The lowest BCUT2D eigenvalue weighted by atomic mass is 9.85. The number of carbonyl (C=O) groups excluding carboxylic acids is 3. The lowest BCUT2D eigenvalue weighted by Crippen LogP contribution is -2.33. The van der Waals surface area contributed by atoms with Crippen molar-refractivity contribution in [1.82, 2.24) is 4.90 Å². The van der Waals surface area contributed by atoms with Crippen LogP contribution in [0.4, 0.5) is 5.69 Å². The van der Waals surface area contributed by atoms with Crippen molar-refractivity contribution in [2.75, 3.05) is 18.0 Å². The number of allylic oxidation sites excluding steroid dienone is 2. The molecular formula is C22H24N2O3. The Bertz CT molecular complexity index is 790. The number of hydrogen-bond acceptors (Lipinski definition) is 3. The van der Waals surface area contributed by atoms with Crippen molar-refractivity contribution in [2.24, 2.45) is 23.7 Å². The van der Waals surface area contributed by atoms with Crippen molar-refractivity contribution >= 4 is 23.4 Å². The molecule has 2 aliphatic heterocycles. The standard InChI is InChI=1S/C22H24N2O3/c25-20(23-11-3-1-2-4-12-23)14-7-9-17(10-8-14)24-21(26)18-15-5-6-16(13-15)19(18)22(24)27/h5-10,15-16,18-19H,1-4,11-13H2/t15-,16+,18+,19-. The fourth-order valence-electron chi connectivity index (χ4n) is 5.37. The van der Waals surface area contributed by atoms with Crippen LogP contribution >= 0.6 is 0 Å². The minimum atomic E-state index is -0.189. The number of hydrogen-bond donors (Lipinski definition) is 0. The molecule has 2 heterocycles. The summed E-state index contributed by atoms with van der Waals surface area (Å²) < 4.78 is 0. The largest absolute Gasteiger partial charge is 0.339 e. The van der Waals surface area contributed by atoms with E-state index in [1.165, 1.54) is 17.7 Å². The molecule has 2 saturated heterocycles. The third kappa shape index (κ3) is 2.55. The minimum absolute atomic E-state index is 0.0432. The summed E-state index contributed by atoms with van der Waals surface area (Å²) in [5, 5.41) is 0. The van der Waals surface area contributed by atoms with Crippen molar-refractivity contribution in [1.29, 1.82) is 0 Å². The molecule has 2 aliphatic carbocycles. The Morgan fingerprint density at radius 1 is 0.815 bits per heavy atom. The van der Waals surface area contributed by atoms with E-state index in [1.54, 1.807) is 24.3 Å². The monoisotopic (exact) mass is 364 g/mol. The van der Waals surface area contributed by atoms with Crippen LogP contribution in [0.25, 0.3) is 0 Å². The number of imide groups is 1. The van der Waals surface area contributed by atoms with Gasteiger partial charge in [0, 0.05) is 18.7 Å². The number of benzene rings is 1. The van der Waals surface area contributed by atoms with Gasteiger partial charge in [0.1, 0.15) is 0 Å². The molecule has 0 aromatic heterocycles. The molecule has 1 aromatic carbocycles. The van der Waals surface area contributed by atoms with Gasteiger partial charge in [0.25, 0.3) is 5.91 Å². The highest BCUT2D eigenvalue weighted by atomic mass is 16.2. The van der Waals surface area contributed by atoms with Gasteiger partial charge in [0.05, 0.1) is 17.5 Å². The molecule has 1 saturated carbocycles. The van der Waals surface area contributed by atoms with E-state index in [9.17, 15) is 14.4 Å². The van der Waals surface area contributed by atoms with Crippen molar-refractivity contribution in [2.45, 2.75) is 32.1 Å². The second kappa shape index (κ2) is 6.32. The number of anilines is 1. The third-order valence-electron chi connectivity index (χ3n) is 6.74. The third-order valence-corrected chi connectivity index (χ3v) is 6.74. The molecule has 3 amide bonds. The molecule has 3 fully saturated rings. The zero-order chi connectivity index (χ0) is 18.5. The fourth-order valence-corrected chi connectivity index (χ4v) is 5.37. The molecule has 0 unspecified atom stereocenters. The Morgan fingerprint density at radius 2 is 1.37 bits per heavy atom. The van der Waals surface area contributed by atoms with E-state index in [-0.39, 0.29) is 41.4 Å². The van der Waals surface area contributed by atoms with Crippen molar-refractivity contribution in [3.63, 3.8) is 0 Å². The van der Waals surface area contributed by atoms with Gasteiger partial charge < -0.3 is 4.90 Å². The molecule has 0 spiro atoms. The summed E-state index contributed by atoms with van der Waals surface area (Å²) >= 11 is 0. The van der Waals surface area contributed by atoms with Gasteiger partial charge in [-0.15, -0.1) is 0 Å². The molecule has 5 rings (SSSR count). The smallest absolute Gasteiger partial charge is 0.253 e. The maximum atomic E-state index is 12.9. The average molecular weight is 364 g/mol. The summed E-state index contributed by atoms with van der Waals surface area (Å²) in [6.07, 6.45) is 9.61. The molecule has 5 heteroatoms. The summed E-state index contributed by atoms with van der Waals surface area (Å²) in [5.74, 6) is -0.0592. The maximum absolute atomic E-state index is 12.9. The second-order valence-corrected chi connectivity index (χ2v) is 8.27. The van der Waals surface area contributed by atoms with Gasteiger partial charge in [0.2, 0.25) is 11.8 Å². The first-order valence-electron chi connectivity index (χ1n) is 10.1. The first kappa shape index (κ1) is 16.7. The highest BCUT2D eigenvalue weighted by Gasteiger charge is 2.59. The van der Waals surface area contributed by atoms with Gasteiger partial charge in [-0.3, -0.25) is 19.3 Å². The van der Waals surface area contributed by atoms with E-state index in [2.05, 4.69) is 12.2 Å². The van der Waals surface area contributed by atoms with Crippen LogP contribution < -0.4 is 4.90 Å². The summed E-state index contributed by atoms with van der Waals surface area (Å²) in [6, 6.07) is 7.00. The molecule has 27 heavy (non-hydrogen) atoms. The zero-order valence-corrected chi connectivity index (χ0v) is 15.3. The van der Waals surface area contributed by atoms with Crippen molar-refractivity contribution in [3.05, 3.63) is 42.0 Å². The number of amides is 3. The summed E-state index contributed by atoms with van der Waals surface area (Å²) in [7, 11) is 0. The molecular weight excluding hydrogens is 340 g/mol. The van der Waals surface area contributed by atoms with Crippen molar-refractivity contribution < 1.29 is 14.4 Å². The Labute approximate surface area is 159 Å². The Hall–Kier alpha value is -2.43. The van der Waals surface area contributed by atoms with Crippen LogP contribution in [0.2, 0.25) is 0 Å². The van der Waals surface area contributed by atoms with Gasteiger partial charge in [-0.05, 0) is 55.4 Å². The number of likely N-dealkylation sites (tertiary alicyclic amines) is 1. The lowest BCUT2D eigenvalue weighted by molar-refractivity contribution is -0.123. The van der Waals surface area contributed by atoms with E-state index in [0.717, 1.165) is 32.4 Å². The summed E-state index contributed by atoms with van der Waals surface area (Å²) in [6.45, 7) is 1.62. The Balaban J connectivity index is 1.36. The van der Waals surface area contributed by atoms with E-state index in [4.69, 9.17) is 0 Å². The number of fused-ring (bicyclic) bond motifs is 5. The Kier molecular flexibility index (Phi) is 3.92. The SMILES string of the molecule is O=C(c1ccc(N2C(=O)[C@@H]3[C@H](C2=O)[C@H]2C=C[C@@H]3C2)cc1)N1CCCCCC1. The van der Waals surface area contributed by atoms with Gasteiger partial charge in [0.15, 0.2) is 0 Å². The van der Waals surface area contributed by atoms with Crippen LogP contribution in [0, 0.1) is 23.7 Å². The molecule has 1 aromatic rings. The minimum Gasteiger partial charge on any atom is -0.339 e. The van der Waals surface area contributed by atoms with Gasteiger partial charge >= 0.3 is 0 Å². The summed E-state index contributed by atoms with van der Waals surface area (Å²) in [4.78, 5) is 41.8. The predicted octanol–water partition coefficient (Wildman–Crippen LogP) is 3.01. The molecule has 4 aliphatic rings. The van der Waals surface area contributed by atoms with E-state index >= 15 is 0 Å². The molecule has 5 nitrogen and oxygen atoms in total. The highest BCUT2D eigenvalue weighted by Crippen LogP contribution is 2.53. The average Bonchev–Trinajstić information content (AvgIpc) is 3.28. The van der Waals surface area contributed by atoms with Crippen LogP contribution in [0.15, 0.2) is 36.4 Å². The normalized spacial score (nSPS) is 32.1. The van der Waals surface area contributed by atoms with E-state index in [1.807, 2.05) is 4.90 Å². The number of carbonyl (C=O) groups is 3. The molecule has 4 atom stereocenters. The van der Waals surface area contributed by atoms with Crippen molar-refractivity contribution in [3.8, 4) is 0 Å². The Morgan fingerprint density at radius 3 is 1.93 bits per heavy atom. The number of nitrogens with zero attached hydrogens (tertiary/aromatic N) is 2. The topological polar surface area (TPSA) is 57.7 Å². The molecule has 2 bridgehead atoms. The van der Waals surface area contributed by atoms with Gasteiger partial charge in [-0.25, -0.2) is 0 Å². The van der Waals surface area contributed by atoms with Gasteiger partial charge in [-0.1, -0.05) is 25.0 Å². The quantitative estimate of drug-likeness (QED) is 0.599. The first-order chi connectivity index (χ1) is 13.1. The number of rotatable bonds is 2. The van der Waals surface area contributed by atoms with Crippen LogP contribution in [0.1, 0.15) is 42.5 Å². The molecule has 0 N–H and O–H groups in total. The van der Waals surface area contributed by atoms with E-state index in [0.29, 0.717) is 11.3 Å². The van der Waals surface area contributed by atoms with Crippen LogP contribution in [-0.4, -0.2) is 35.7 Å². The van der Waals surface area contributed by atoms with Crippen LogP contribution in [0.5, 0.6) is 0 Å². The lowest BCUT2D eigenvalue weighted by Gasteiger charge is -2.21. The first-order valence-corrected chi connectivity index (χ1v) is 10.1.